The molecule has 18 heavy (non-hydrogen) atoms. The van der Waals surface area contributed by atoms with Crippen LogP contribution in [0.4, 0.5) is 0 Å². The molecule has 1 unspecified atom stereocenters. The number of nitrogens with zero attached hydrogens (tertiary/aromatic N) is 1. The smallest absolute Gasteiger partial charge is 0.191 e. The van der Waals surface area contributed by atoms with Crippen LogP contribution in [0, 0.1) is 0 Å². The van der Waals surface area contributed by atoms with E-state index in [0.29, 0.717) is 6.61 Å². The van der Waals surface area contributed by atoms with Gasteiger partial charge in [-0.05, 0) is 19.1 Å². The SMILES string of the molecule is CN=C(NCCc1ccco1)NC(C)COC.I. The van der Waals surface area contributed by atoms with E-state index >= 15 is 0 Å². The van der Waals surface area contributed by atoms with Crippen molar-refractivity contribution in [1.82, 2.24) is 10.6 Å². The van der Waals surface area contributed by atoms with E-state index in [4.69, 9.17) is 9.15 Å². The number of rotatable bonds is 6. The van der Waals surface area contributed by atoms with Gasteiger partial charge in [-0.1, -0.05) is 0 Å². The van der Waals surface area contributed by atoms with E-state index in [-0.39, 0.29) is 30.0 Å². The van der Waals surface area contributed by atoms with Gasteiger partial charge in [-0.15, -0.1) is 24.0 Å². The van der Waals surface area contributed by atoms with Crippen molar-refractivity contribution in [3.63, 3.8) is 0 Å². The normalized spacial score (nSPS) is 12.7. The Bertz CT molecular complexity index is 328. The molecule has 0 amide bonds. The highest BCUT2D eigenvalue weighted by atomic mass is 127. The molecule has 0 aliphatic rings. The van der Waals surface area contributed by atoms with Gasteiger partial charge in [-0.2, -0.15) is 0 Å². The van der Waals surface area contributed by atoms with Crippen molar-refractivity contribution in [1.29, 1.82) is 0 Å². The number of hydrogen-bond donors (Lipinski definition) is 2. The number of aliphatic imine (C=N–C) groups is 1. The fourth-order valence-corrected chi connectivity index (χ4v) is 1.48. The van der Waals surface area contributed by atoms with Crippen LogP contribution in [0.15, 0.2) is 27.8 Å². The second kappa shape index (κ2) is 10.2. The van der Waals surface area contributed by atoms with E-state index in [9.17, 15) is 0 Å². The third kappa shape index (κ3) is 6.85. The first-order valence-electron chi connectivity index (χ1n) is 5.74. The Hall–Kier alpha value is -0.760. The molecule has 1 aromatic heterocycles. The van der Waals surface area contributed by atoms with Gasteiger partial charge in [0.05, 0.1) is 12.9 Å². The van der Waals surface area contributed by atoms with Crippen molar-refractivity contribution in [2.75, 3.05) is 27.3 Å². The summed E-state index contributed by atoms with van der Waals surface area (Å²) in [7, 11) is 3.44. The molecule has 0 aliphatic carbocycles. The highest BCUT2D eigenvalue weighted by molar-refractivity contribution is 14.0. The van der Waals surface area contributed by atoms with Gasteiger partial charge in [0.1, 0.15) is 5.76 Å². The molecule has 0 fully saturated rings. The summed E-state index contributed by atoms with van der Waals surface area (Å²) in [6, 6.07) is 4.09. The van der Waals surface area contributed by atoms with Gasteiger partial charge in [0.15, 0.2) is 5.96 Å². The average Bonchev–Trinajstić information content (AvgIpc) is 2.81. The summed E-state index contributed by atoms with van der Waals surface area (Å²) < 4.78 is 10.3. The summed E-state index contributed by atoms with van der Waals surface area (Å²) in [6.07, 6.45) is 2.52. The molecule has 0 saturated heterocycles. The summed E-state index contributed by atoms with van der Waals surface area (Å²) >= 11 is 0. The quantitative estimate of drug-likeness (QED) is 0.456. The van der Waals surface area contributed by atoms with Crippen LogP contribution in [-0.4, -0.2) is 39.3 Å². The van der Waals surface area contributed by atoms with Crippen molar-refractivity contribution < 1.29 is 9.15 Å². The predicted molar refractivity (Wildman–Crippen MR) is 83.7 cm³/mol. The van der Waals surface area contributed by atoms with Crippen molar-refractivity contribution in [3.8, 4) is 0 Å². The van der Waals surface area contributed by atoms with Crippen LogP contribution in [-0.2, 0) is 11.2 Å². The summed E-state index contributed by atoms with van der Waals surface area (Å²) in [5.74, 6) is 1.75. The minimum Gasteiger partial charge on any atom is -0.469 e. The van der Waals surface area contributed by atoms with Gasteiger partial charge in [0.25, 0.3) is 0 Å². The molecule has 1 heterocycles. The molecule has 2 N–H and O–H groups in total. The van der Waals surface area contributed by atoms with Crippen LogP contribution >= 0.6 is 24.0 Å². The zero-order chi connectivity index (χ0) is 12.5. The van der Waals surface area contributed by atoms with Crippen molar-refractivity contribution >= 4 is 29.9 Å². The molecule has 1 aromatic rings. The van der Waals surface area contributed by atoms with Crippen LogP contribution in [0.1, 0.15) is 12.7 Å². The molecule has 0 spiro atoms. The Morgan fingerprint density at radius 1 is 1.56 bits per heavy atom. The Morgan fingerprint density at radius 3 is 2.89 bits per heavy atom. The molecule has 5 nitrogen and oxygen atoms in total. The van der Waals surface area contributed by atoms with Crippen LogP contribution in [0.2, 0.25) is 0 Å². The minimum atomic E-state index is 0. The minimum absolute atomic E-state index is 0. The van der Waals surface area contributed by atoms with Crippen LogP contribution in [0.5, 0.6) is 0 Å². The maximum atomic E-state index is 5.25. The van der Waals surface area contributed by atoms with Gasteiger partial charge in [-0.25, -0.2) is 0 Å². The number of nitrogens with one attached hydrogen (secondary N) is 2. The zero-order valence-electron chi connectivity index (χ0n) is 11.1. The lowest BCUT2D eigenvalue weighted by molar-refractivity contribution is 0.179. The number of halogens is 1. The van der Waals surface area contributed by atoms with Gasteiger partial charge in [-0.3, -0.25) is 4.99 Å². The maximum absolute atomic E-state index is 5.25. The standard InChI is InChI=1S/C12H21N3O2.HI/c1-10(9-16-3)15-12(13-2)14-7-6-11-5-4-8-17-11;/h4-5,8,10H,6-7,9H2,1-3H3,(H2,13,14,15);1H. The molecular formula is C12H22IN3O2. The van der Waals surface area contributed by atoms with E-state index in [2.05, 4.69) is 15.6 Å². The number of ether oxygens (including phenoxy) is 1. The summed E-state index contributed by atoms with van der Waals surface area (Å²) in [5, 5.41) is 6.45. The summed E-state index contributed by atoms with van der Waals surface area (Å²) in [5.41, 5.74) is 0. The molecule has 0 aromatic carbocycles. The highest BCUT2D eigenvalue weighted by Gasteiger charge is 2.04. The van der Waals surface area contributed by atoms with Crippen molar-refractivity contribution in [2.45, 2.75) is 19.4 Å². The fourth-order valence-electron chi connectivity index (χ4n) is 1.48. The highest BCUT2D eigenvalue weighted by Crippen LogP contribution is 1.99. The molecule has 1 atom stereocenters. The maximum Gasteiger partial charge on any atom is 0.191 e. The van der Waals surface area contributed by atoms with Gasteiger partial charge in [0, 0.05) is 33.2 Å². The second-order valence-corrected chi connectivity index (χ2v) is 3.83. The Balaban J connectivity index is 0.00000289. The Labute approximate surface area is 125 Å². The molecule has 104 valence electrons. The van der Waals surface area contributed by atoms with E-state index < -0.39 is 0 Å². The summed E-state index contributed by atoms with van der Waals surface area (Å²) in [4.78, 5) is 4.14. The van der Waals surface area contributed by atoms with E-state index in [1.165, 1.54) is 0 Å². The average molecular weight is 367 g/mol. The molecule has 0 aliphatic heterocycles. The second-order valence-electron chi connectivity index (χ2n) is 3.83. The van der Waals surface area contributed by atoms with Crippen molar-refractivity contribution in [3.05, 3.63) is 24.2 Å². The number of hydrogen-bond acceptors (Lipinski definition) is 3. The lowest BCUT2D eigenvalue weighted by Gasteiger charge is -2.16. The van der Waals surface area contributed by atoms with E-state index in [1.807, 2.05) is 19.1 Å². The lowest BCUT2D eigenvalue weighted by atomic mass is 10.3. The molecule has 1 rings (SSSR count). The summed E-state index contributed by atoms with van der Waals surface area (Å²) in [6.45, 7) is 3.48. The molecule has 6 heteroatoms. The third-order valence-corrected chi connectivity index (χ3v) is 2.27. The first kappa shape index (κ1) is 17.2. The number of furan rings is 1. The van der Waals surface area contributed by atoms with Crippen molar-refractivity contribution in [2.24, 2.45) is 4.99 Å². The Kier molecular flexibility index (Phi) is 9.76. The van der Waals surface area contributed by atoms with E-state index in [1.54, 1.807) is 20.4 Å². The fraction of sp³-hybridized carbons (Fsp3) is 0.583. The molecular weight excluding hydrogens is 345 g/mol. The van der Waals surface area contributed by atoms with Gasteiger partial charge < -0.3 is 19.8 Å². The molecule has 0 saturated carbocycles. The largest absolute Gasteiger partial charge is 0.469 e. The number of methoxy groups -OCH3 is 1. The predicted octanol–water partition coefficient (Wildman–Crippen LogP) is 1.64. The monoisotopic (exact) mass is 367 g/mol. The van der Waals surface area contributed by atoms with E-state index in [0.717, 1.165) is 24.7 Å². The zero-order valence-corrected chi connectivity index (χ0v) is 13.4. The van der Waals surface area contributed by atoms with Crippen LogP contribution < -0.4 is 10.6 Å². The van der Waals surface area contributed by atoms with Crippen LogP contribution in [0.3, 0.4) is 0 Å². The molecule has 0 bridgehead atoms. The first-order valence-corrected chi connectivity index (χ1v) is 5.74. The van der Waals surface area contributed by atoms with Gasteiger partial charge >= 0.3 is 0 Å². The van der Waals surface area contributed by atoms with Gasteiger partial charge in [0.2, 0.25) is 0 Å². The lowest BCUT2D eigenvalue weighted by Crippen LogP contribution is -2.44. The third-order valence-electron chi connectivity index (χ3n) is 2.27. The number of guanidine groups is 1. The topological polar surface area (TPSA) is 58.8 Å². The van der Waals surface area contributed by atoms with Crippen LogP contribution in [0.25, 0.3) is 0 Å². The molecule has 0 radical (unpaired) electrons. The Morgan fingerprint density at radius 2 is 2.33 bits per heavy atom. The first-order chi connectivity index (χ1) is 8.26.